The highest BCUT2D eigenvalue weighted by molar-refractivity contribution is 5.89. The van der Waals surface area contributed by atoms with Crippen LogP contribution >= 0.6 is 0 Å². The van der Waals surface area contributed by atoms with Gasteiger partial charge in [0, 0.05) is 4.92 Å². The summed E-state index contributed by atoms with van der Waals surface area (Å²) < 4.78 is 9.66. The number of rotatable bonds is 6. The fourth-order valence-electron chi connectivity index (χ4n) is 1.16. The highest BCUT2D eigenvalue weighted by atomic mass is 16.6. The third-order valence-electron chi connectivity index (χ3n) is 2.24. The molecule has 0 saturated heterocycles. The Bertz CT molecular complexity index is 416. The van der Waals surface area contributed by atoms with E-state index in [0.29, 0.717) is 5.75 Å². The summed E-state index contributed by atoms with van der Waals surface area (Å²) >= 11 is 0. The number of ether oxygens (including phenoxy) is 2. The lowest BCUT2D eigenvalue weighted by molar-refractivity contribution is -0.528. The van der Waals surface area contributed by atoms with Crippen molar-refractivity contribution in [2.75, 3.05) is 20.3 Å². The lowest BCUT2D eigenvalue weighted by Crippen LogP contribution is -2.30. The summed E-state index contributed by atoms with van der Waals surface area (Å²) in [4.78, 5) is 21.2. The number of aliphatic hydroxyl groups is 1. The molecule has 0 aliphatic rings. The predicted octanol–water partition coefficient (Wildman–Crippen LogP) is 0.490. The van der Waals surface area contributed by atoms with E-state index in [2.05, 4.69) is 0 Å². The molecule has 1 aromatic rings. The second-order valence-electron chi connectivity index (χ2n) is 3.45. The molecule has 0 fully saturated rings. The molecule has 0 radical (unpaired) electrons. The molecule has 0 bridgehead atoms. The molecule has 1 atom stereocenters. The van der Waals surface area contributed by atoms with Crippen LogP contribution in [0.5, 0.6) is 5.75 Å². The van der Waals surface area contributed by atoms with Gasteiger partial charge < -0.3 is 14.6 Å². The Kier molecular flexibility index (Phi) is 5.06. The van der Waals surface area contributed by atoms with Crippen LogP contribution in [0.15, 0.2) is 24.3 Å². The number of carbonyl (C=O) groups excluding carboxylic acids is 1. The van der Waals surface area contributed by atoms with Crippen molar-refractivity contribution in [2.24, 2.45) is 0 Å². The minimum Gasteiger partial charge on any atom is -0.497 e. The first-order chi connectivity index (χ1) is 8.58. The molecule has 0 aliphatic carbocycles. The topological polar surface area (TPSA) is 98.9 Å². The van der Waals surface area contributed by atoms with Gasteiger partial charge in [-0.3, -0.25) is 10.1 Å². The van der Waals surface area contributed by atoms with Crippen molar-refractivity contribution in [1.29, 1.82) is 0 Å². The van der Waals surface area contributed by atoms with Crippen molar-refractivity contribution < 1.29 is 24.3 Å². The molecule has 1 N–H and O–H groups in total. The fourth-order valence-corrected chi connectivity index (χ4v) is 1.16. The van der Waals surface area contributed by atoms with Crippen LogP contribution in [-0.4, -0.2) is 42.4 Å². The Morgan fingerprint density at radius 1 is 1.44 bits per heavy atom. The van der Waals surface area contributed by atoms with Gasteiger partial charge in [-0.2, -0.15) is 0 Å². The molecular formula is C11H13NO6. The highest BCUT2D eigenvalue weighted by Crippen LogP contribution is 2.12. The molecular weight excluding hydrogens is 242 g/mol. The Balaban J connectivity index is 2.56. The summed E-state index contributed by atoms with van der Waals surface area (Å²) in [6, 6.07) is 4.83. The maximum atomic E-state index is 11.5. The first-order valence-electron chi connectivity index (χ1n) is 5.14. The minimum atomic E-state index is -1.30. The maximum Gasteiger partial charge on any atom is 0.338 e. The van der Waals surface area contributed by atoms with Crippen LogP contribution < -0.4 is 4.74 Å². The van der Waals surface area contributed by atoms with Crippen LogP contribution in [-0.2, 0) is 4.74 Å². The molecule has 1 unspecified atom stereocenters. The summed E-state index contributed by atoms with van der Waals surface area (Å²) in [5.41, 5.74) is 0.260. The molecule has 98 valence electrons. The normalized spacial score (nSPS) is 11.7. The summed E-state index contributed by atoms with van der Waals surface area (Å²) in [6.07, 6.45) is 0. The number of esters is 1. The lowest BCUT2D eigenvalue weighted by atomic mass is 10.2. The smallest absolute Gasteiger partial charge is 0.338 e. The lowest BCUT2D eigenvalue weighted by Gasteiger charge is -2.08. The van der Waals surface area contributed by atoms with Crippen LogP contribution in [0.3, 0.4) is 0 Å². The van der Waals surface area contributed by atoms with E-state index in [-0.39, 0.29) is 5.56 Å². The molecule has 0 amide bonds. The van der Waals surface area contributed by atoms with Gasteiger partial charge in [-0.15, -0.1) is 0 Å². The van der Waals surface area contributed by atoms with E-state index < -0.39 is 30.1 Å². The largest absolute Gasteiger partial charge is 0.497 e. The van der Waals surface area contributed by atoms with Gasteiger partial charge in [0.2, 0.25) is 0 Å². The van der Waals surface area contributed by atoms with Crippen molar-refractivity contribution in [3.05, 3.63) is 39.9 Å². The third-order valence-corrected chi connectivity index (χ3v) is 2.24. The van der Waals surface area contributed by atoms with Crippen LogP contribution in [0.1, 0.15) is 10.4 Å². The molecule has 0 saturated carbocycles. The van der Waals surface area contributed by atoms with Crippen molar-refractivity contribution >= 4 is 5.97 Å². The van der Waals surface area contributed by atoms with E-state index in [4.69, 9.17) is 14.6 Å². The average molecular weight is 255 g/mol. The van der Waals surface area contributed by atoms with Gasteiger partial charge in [0.05, 0.1) is 12.7 Å². The second kappa shape index (κ2) is 6.55. The Morgan fingerprint density at radius 3 is 2.50 bits per heavy atom. The fraction of sp³-hybridized carbons (Fsp3) is 0.364. The van der Waals surface area contributed by atoms with E-state index in [1.165, 1.54) is 19.2 Å². The standard InChI is InChI=1S/C11H13NO6/c1-17-10-4-2-8(3-5-10)11(14)18-7-9(6-13)12(15)16/h2-5,9,13H,6-7H2,1H3. The van der Waals surface area contributed by atoms with Gasteiger partial charge in [0.25, 0.3) is 6.04 Å². The quantitative estimate of drug-likeness (QED) is 0.451. The van der Waals surface area contributed by atoms with Crippen LogP contribution in [0.25, 0.3) is 0 Å². The Hall–Kier alpha value is -2.15. The van der Waals surface area contributed by atoms with Gasteiger partial charge in [0.1, 0.15) is 12.4 Å². The van der Waals surface area contributed by atoms with Crippen LogP contribution in [0.4, 0.5) is 0 Å². The molecule has 0 heterocycles. The average Bonchev–Trinajstić information content (AvgIpc) is 2.39. The van der Waals surface area contributed by atoms with Crippen molar-refractivity contribution in [2.45, 2.75) is 6.04 Å². The number of benzene rings is 1. The molecule has 18 heavy (non-hydrogen) atoms. The zero-order chi connectivity index (χ0) is 13.5. The summed E-state index contributed by atoms with van der Waals surface area (Å²) in [6.45, 7) is -1.14. The van der Waals surface area contributed by atoms with Crippen molar-refractivity contribution in [1.82, 2.24) is 0 Å². The number of hydrogen-bond donors (Lipinski definition) is 1. The highest BCUT2D eigenvalue weighted by Gasteiger charge is 2.21. The van der Waals surface area contributed by atoms with Gasteiger partial charge in [0.15, 0.2) is 6.61 Å². The van der Waals surface area contributed by atoms with E-state index >= 15 is 0 Å². The molecule has 7 nitrogen and oxygen atoms in total. The number of methoxy groups -OCH3 is 1. The summed E-state index contributed by atoms with van der Waals surface area (Å²) in [7, 11) is 1.50. The Labute approximate surface area is 103 Å². The van der Waals surface area contributed by atoms with E-state index in [1.54, 1.807) is 12.1 Å². The number of carbonyl (C=O) groups is 1. The zero-order valence-electron chi connectivity index (χ0n) is 9.74. The SMILES string of the molecule is COc1ccc(C(=O)OCC(CO)[N+](=O)[O-])cc1. The third kappa shape index (κ3) is 3.70. The molecule has 0 aromatic heterocycles. The number of nitrogens with zero attached hydrogens (tertiary/aromatic N) is 1. The summed E-state index contributed by atoms with van der Waals surface area (Å²) in [5.74, 6) is -0.0944. The first kappa shape index (κ1) is 13.9. The van der Waals surface area contributed by atoms with Crippen molar-refractivity contribution in [3.63, 3.8) is 0 Å². The summed E-state index contributed by atoms with van der Waals surface area (Å²) in [5, 5.41) is 19.1. The van der Waals surface area contributed by atoms with Crippen molar-refractivity contribution in [3.8, 4) is 5.75 Å². The molecule has 1 aromatic carbocycles. The van der Waals surface area contributed by atoms with E-state index in [9.17, 15) is 14.9 Å². The van der Waals surface area contributed by atoms with Gasteiger partial charge >= 0.3 is 5.97 Å². The zero-order valence-corrected chi connectivity index (χ0v) is 9.74. The molecule has 0 aliphatic heterocycles. The molecule has 7 heteroatoms. The number of nitro groups is 1. The van der Waals surface area contributed by atoms with Crippen LogP contribution in [0.2, 0.25) is 0 Å². The monoisotopic (exact) mass is 255 g/mol. The van der Waals surface area contributed by atoms with E-state index in [0.717, 1.165) is 0 Å². The molecule has 0 spiro atoms. The predicted molar refractivity (Wildman–Crippen MR) is 61.1 cm³/mol. The van der Waals surface area contributed by atoms with Crippen LogP contribution in [0, 0.1) is 10.1 Å². The minimum absolute atomic E-state index is 0.260. The Morgan fingerprint density at radius 2 is 2.06 bits per heavy atom. The van der Waals surface area contributed by atoms with Gasteiger partial charge in [-0.1, -0.05) is 0 Å². The molecule has 1 rings (SSSR count). The number of aliphatic hydroxyl groups excluding tert-OH is 1. The first-order valence-corrected chi connectivity index (χ1v) is 5.14. The maximum absolute atomic E-state index is 11.5. The number of hydrogen-bond acceptors (Lipinski definition) is 6. The van der Waals surface area contributed by atoms with E-state index in [1.807, 2.05) is 0 Å². The van der Waals surface area contributed by atoms with Gasteiger partial charge in [-0.05, 0) is 24.3 Å². The second-order valence-corrected chi connectivity index (χ2v) is 3.45. The van der Waals surface area contributed by atoms with Gasteiger partial charge in [-0.25, -0.2) is 4.79 Å².